The molecule has 0 radical (unpaired) electrons. The number of anilines is 1. The number of hydrogen-bond acceptors (Lipinski definition) is 6. The molecule has 1 unspecified atom stereocenters. The molecule has 1 aliphatic rings. The highest BCUT2D eigenvalue weighted by Gasteiger charge is 2.28. The molecule has 0 bridgehead atoms. The molecule has 1 N–H and O–H groups in total. The Balaban J connectivity index is 1.65. The van der Waals surface area contributed by atoms with E-state index < -0.39 is 0 Å². The van der Waals surface area contributed by atoms with E-state index in [4.69, 9.17) is 14.7 Å². The lowest BCUT2D eigenvalue weighted by Crippen LogP contribution is -2.44. The second-order valence-electron chi connectivity index (χ2n) is 8.45. The topological polar surface area (TPSA) is 85.2 Å². The van der Waals surface area contributed by atoms with E-state index in [0.717, 1.165) is 75.2 Å². The van der Waals surface area contributed by atoms with E-state index >= 15 is 0 Å². The zero-order valence-corrected chi connectivity index (χ0v) is 19.8. The number of aromatic nitrogens is 4. The van der Waals surface area contributed by atoms with E-state index in [1.165, 1.54) is 0 Å². The van der Waals surface area contributed by atoms with Crippen LogP contribution in [0.2, 0.25) is 0 Å². The predicted molar refractivity (Wildman–Crippen MR) is 126 cm³/mol. The maximum Gasteiger partial charge on any atom is 0.237 e. The third kappa shape index (κ3) is 6.51. The molecule has 1 amide bonds. The highest BCUT2D eigenvalue weighted by atomic mass is 16.5. The molecular weight excluding hydrogens is 404 g/mol. The number of piperidine rings is 1. The maximum absolute atomic E-state index is 12.7. The van der Waals surface area contributed by atoms with E-state index in [-0.39, 0.29) is 11.9 Å². The Kier molecular flexibility index (Phi) is 9.46. The van der Waals surface area contributed by atoms with Crippen molar-refractivity contribution in [1.29, 1.82) is 0 Å². The van der Waals surface area contributed by atoms with Crippen LogP contribution in [0.5, 0.6) is 0 Å². The first-order valence-corrected chi connectivity index (χ1v) is 12.1. The summed E-state index contributed by atoms with van der Waals surface area (Å²) in [6.07, 6.45) is 13.0. The summed E-state index contributed by atoms with van der Waals surface area (Å²) in [5.41, 5.74) is 2.14. The van der Waals surface area contributed by atoms with E-state index in [2.05, 4.69) is 29.0 Å². The van der Waals surface area contributed by atoms with E-state index in [1.807, 2.05) is 17.7 Å². The molecule has 8 nitrogen and oxygen atoms in total. The maximum atomic E-state index is 12.7. The van der Waals surface area contributed by atoms with Crippen molar-refractivity contribution in [2.75, 3.05) is 31.2 Å². The van der Waals surface area contributed by atoms with Gasteiger partial charge in [0, 0.05) is 62.4 Å². The molecule has 1 atom stereocenters. The Labute approximate surface area is 191 Å². The zero-order chi connectivity index (χ0) is 22.8. The molecule has 1 aliphatic heterocycles. The standard InChI is InChI=1S/C24H38N6O2/c1-4-6-15-32-16-9-11-26-22(31)17-20-10-7-8-13-30(20)23-21(5-2)19(3)27-24(28-23)29-14-12-25-18-29/h12,14,18,20H,4-11,13,15-17H2,1-3H3,(H,26,31). The number of rotatable bonds is 12. The first-order valence-electron chi connectivity index (χ1n) is 12.1. The fourth-order valence-electron chi connectivity index (χ4n) is 4.24. The number of hydrogen-bond donors (Lipinski definition) is 1. The van der Waals surface area contributed by atoms with Crippen LogP contribution in [-0.2, 0) is 16.0 Å². The smallest absolute Gasteiger partial charge is 0.237 e. The third-order valence-electron chi connectivity index (χ3n) is 6.02. The van der Waals surface area contributed by atoms with Crippen molar-refractivity contribution in [3.63, 3.8) is 0 Å². The summed E-state index contributed by atoms with van der Waals surface area (Å²) in [6.45, 7) is 9.42. The van der Waals surface area contributed by atoms with Gasteiger partial charge in [-0.25, -0.2) is 9.97 Å². The molecule has 2 aromatic rings. The average molecular weight is 443 g/mol. The molecule has 8 heteroatoms. The van der Waals surface area contributed by atoms with Crippen LogP contribution in [0, 0.1) is 6.92 Å². The SMILES string of the molecule is CCCCOCCCNC(=O)CC1CCCCN1c1nc(-n2ccnc2)nc(C)c1CC. The van der Waals surface area contributed by atoms with E-state index in [9.17, 15) is 4.79 Å². The molecule has 2 aromatic heterocycles. The number of amides is 1. The Morgan fingerprint density at radius 3 is 2.81 bits per heavy atom. The van der Waals surface area contributed by atoms with E-state index in [0.29, 0.717) is 25.5 Å². The minimum atomic E-state index is 0.106. The van der Waals surface area contributed by atoms with Crippen LogP contribution in [-0.4, -0.2) is 57.8 Å². The highest BCUT2D eigenvalue weighted by molar-refractivity contribution is 5.77. The van der Waals surface area contributed by atoms with Crippen LogP contribution in [0.15, 0.2) is 18.7 Å². The van der Waals surface area contributed by atoms with Gasteiger partial charge in [0.05, 0.1) is 0 Å². The number of nitrogens with one attached hydrogen (secondary N) is 1. The van der Waals surface area contributed by atoms with Gasteiger partial charge in [-0.05, 0) is 45.4 Å². The summed E-state index contributed by atoms with van der Waals surface area (Å²) in [7, 11) is 0. The van der Waals surface area contributed by atoms with Crippen molar-refractivity contribution in [1.82, 2.24) is 24.8 Å². The predicted octanol–water partition coefficient (Wildman–Crippen LogP) is 3.61. The van der Waals surface area contributed by atoms with Gasteiger partial charge in [0.2, 0.25) is 11.9 Å². The van der Waals surface area contributed by atoms with Gasteiger partial charge in [-0.3, -0.25) is 9.36 Å². The minimum Gasteiger partial charge on any atom is -0.381 e. The summed E-state index contributed by atoms with van der Waals surface area (Å²) >= 11 is 0. The largest absolute Gasteiger partial charge is 0.381 e. The molecule has 3 rings (SSSR count). The number of imidazole rings is 1. The monoisotopic (exact) mass is 442 g/mol. The fourth-order valence-corrected chi connectivity index (χ4v) is 4.24. The molecular formula is C24H38N6O2. The Morgan fingerprint density at radius 2 is 2.06 bits per heavy atom. The molecule has 0 aliphatic carbocycles. The summed E-state index contributed by atoms with van der Waals surface area (Å²) in [6, 6.07) is 0.153. The van der Waals surface area contributed by atoms with E-state index in [1.54, 1.807) is 12.5 Å². The molecule has 0 aromatic carbocycles. The van der Waals surface area contributed by atoms with Crippen LogP contribution in [0.25, 0.3) is 5.95 Å². The van der Waals surface area contributed by atoms with Crippen molar-refractivity contribution in [2.24, 2.45) is 0 Å². The van der Waals surface area contributed by atoms with Crippen molar-refractivity contribution < 1.29 is 9.53 Å². The van der Waals surface area contributed by atoms with Gasteiger partial charge in [0.1, 0.15) is 12.1 Å². The Bertz CT molecular complexity index is 839. The lowest BCUT2D eigenvalue weighted by molar-refractivity contribution is -0.121. The summed E-state index contributed by atoms with van der Waals surface area (Å²) < 4.78 is 7.42. The summed E-state index contributed by atoms with van der Waals surface area (Å²) in [5, 5.41) is 3.08. The second-order valence-corrected chi connectivity index (χ2v) is 8.45. The van der Waals surface area contributed by atoms with Crippen molar-refractivity contribution >= 4 is 11.7 Å². The third-order valence-corrected chi connectivity index (χ3v) is 6.02. The number of carbonyl (C=O) groups excluding carboxylic acids is 1. The average Bonchev–Trinajstić information content (AvgIpc) is 3.33. The van der Waals surface area contributed by atoms with Gasteiger partial charge in [-0.1, -0.05) is 20.3 Å². The van der Waals surface area contributed by atoms with Crippen LogP contribution in [0.3, 0.4) is 0 Å². The van der Waals surface area contributed by atoms with Crippen molar-refractivity contribution in [3.05, 3.63) is 30.0 Å². The molecule has 1 fully saturated rings. The van der Waals surface area contributed by atoms with Crippen LogP contribution < -0.4 is 10.2 Å². The molecule has 1 saturated heterocycles. The normalized spacial score (nSPS) is 16.3. The van der Waals surface area contributed by atoms with Crippen LogP contribution >= 0.6 is 0 Å². The van der Waals surface area contributed by atoms with Crippen LogP contribution in [0.1, 0.15) is 70.1 Å². The summed E-state index contributed by atoms with van der Waals surface area (Å²) in [5.74, 6) is 1.70. The molecule has 176 valence electrons. The van der Waals surface area contributed by atoms with Gasteiger partial charge < -0.3 is 15.0 Å². The minimum absolute atomic E-state index is 0.106. The first-order chi connectivity index (χ1) is 15.6. The number of unbranched alkanes of at least 4 members (excludes halogenated alkanes) is 1. The lowest BCUT2D eigenvalue weighted by atomic mass is 9.97. The molecule has 32 heavy (non-hydrogen) atoms. The zero-order valence-electron chi connectivity index (χ0n) is 19.8. The van der Waals surface area contributed by atoms with Crippen molar-refractivity contribution in [2.45, 2.75) is 78.2 Å². The van der Waals surface area contributed by atoms with Gasteiger partial charge in [-0.2, -0.15) is 4.98 Å². The van der Waals surface area contributed by atoms with Gasteiger partial charge in [-0.15, -0.1) is 0 Å². The number of ether oxygens (including phenoxy) is 1. The highest BCUT2D eigenvalue weighted by Crippen LogP contribution is 2.30. The molecule has 0 saturated carbocycles. The quantitative estimate of drug-likeness (QED) is 0.506. The molecule has 3 heterocycles. The number of nitrogens with zero attached hydrogens (tertiary/aromatic N) is 5. The van der Waals surface area contributed by atoms with Crippen LogP contribution in [0.4, 0.5) is 5.82 Å². The molecule has 0 spiro atoms. The van der Waals surface area contributed by atoms with Gasteiger partial charge in [0.25, 0.3) is 0 Å². The lowest BCUT2D eigenvalue weighted by Gasteiger charge is -2.37. The van der Waals surface area contributed by atoms with Gasteiger partial charge in [0.15, 0.2) is 0 Å². The van der Waals surface area contributed by atoms with Gasteiger partial charge >= 0.3 is 0 Å². The summed E-state index contributed by atoms with van der Waals surface area (Å²) in [4.78, 5) is 28.8. The Morgan fingerprint density at radius 1 is 1.22 bits per heavy atom. The second kappa shape index (κ2) is 12.5. The Hall–Kier alpha value is -2.48. The number of aryl methyl sites for hydroxylation is 1. The van der Waals surface area contributed by atoms with Crippen molar-refractivity contribution in [3.8, 4) is 5.95 Å². The number of carbonyl (C=O) groups is 1. The fraction of sp³-hybridized carbons (Fsp3) is 0.667. The first kappa shape index (κ1) is 24.2.